The molecule has 0 unspecified atom stereocenters. The van der Waals surface area contributed by atoms with Crippen molar-refractivity contribution in [1.82, 2.24) is 10.3 Å². The Hall–Kier alpha value is -1.42. The number of aliphatic hydroxyl groups is 1. The summed E-state index contributed by atoms with van der Waals surface area (Å²) in [7, 11) is 0. The lowest BCUT2D eigenvalue weighted by Crippen LogP contribution is -2.35. The lowest BCUT2D eigenvalue weighted by molar-refractivity contribution is -0.127. The van der Waals surface area contributed by atoms with Crippen molar-refractivity contribution in [3.63, 3.8) is 0 Å². The fourth-order valence-electron chi connectivity index (χ4n) is 2.60. The van der Waals surface area contributed by atoms with Crippen LogP contribution in [0.25, 0.3) is 0 Å². The highest BCUT2D eigenvalue weighted by Crippen LogP contribution is 2.24. The molecule has 0 radical (unpaired) electrons. The fraction of sp³-hybridized carbons (Fsp3) is 0.600. The van der Waals surface area contributed by atoms with Crippen molar-refractivity contribution >= 4 is 5.91 Å². The van der Waals surface area contributed by atoms with Gasteiger partial charge in [0.2, 0.25) is 5.91 Å². The second-order valence-electron chi connectivity index (χ2n) is 5.27. The predicted molar refractivity (Wildman–Crippen MR) is 73.5 cm³/mol. The van der Waals surface area contributed by atoms with Crippen molar-refractivity contribution in [2.45, 2.75) is 44.6 Å². The van der Waals surface area contributed by atoms with Gasteiger partial charge in [0.25, 0.3) is 0 Å². The first kappa shape index (κ1) is 14.0. The Bertz CT molecular complexity index is 394. The van der Waals surface area contributed by atoms with Gasteiger partial charge in [0, 0.05) is 24.9 Å². The molecule has 1 heterocycles. The van der Waals surface area contributed by atoms with E-state index in [0.29, 0.717) is 13.0 Å². The van der Waals surface area contributed by atoms with Crippen LogP contribution in [-0.2, 0) is 11.2 Å². The normalized spacial score (nSPS) is 23.0. The summed E-state index contributed by atoms with van der Waals surface area (Å²) in [5, 5.41) is 12.5. The molecule has 1 amide bonds. The zero-order valence-corrected chi connectivity index (χ0v) is 11.2. The molecule has 104 valence electrons. The summed E-state index contributed by atoms with van der Waals surface area (Å²) in [6.07, 6.45) is 8.51. The number of carbonyl (C=O) groups is 1. The molecule has 0 aliphatic heterocycles. The minimum absolute atomic E-state index is 0.00198. The first-order valence-electron chi connectivity index (χ1n) is 7.10. The highest BCUT2D eigenvalue weighted by atomic mass is 16.3. The van der Waals surface area contributed by atoms with Crippen LogP contribution in [0.3, 0.4) is 0 Å². The second-order valence-corrected chi connectivity index (χ2v) is 5.27. The van der Waals surface area contributed by atoms with Gasteiger partial charge in [-0.25, -0.2) is 0 Å². The van der Waals surface area contributed by atoms with Crippen LogP contribution in [0, 0.1) is 5.92 Å². The summed E-state index contributed by atoms with van der Waals surface area (Å²) in [6, 6.07) is 3.98. The van der Waals surface area contributed by atoms with Gasteiger partial charge in [-0.05, 0) is 43.7 Å². The Morgan fingerprint density at radius 1 is 1.47 bits per heavy atom. The molecule has 1 aromatic heterocycles. The van der Waals surface area contributed by atoms with Gasteiger partial charge in [0.15, 0.2) is 0 Å². The molecule has 0 spiro atoms. The number of nitrogens with one attached hydrogen (secondary N) is 1. The van der Waals surface area contributed by atoms with Crippen LogP contribution in [0.15, 0.2) is 24.5 Å². The van der Waals surface area contributed by atoms with Crippen molar-refractivity contribution in [2.24, 2.45) is 5.92 Å². The second kappa shape index (κ2) is 7.24. The highest BCUT2D eigenvalue weighted by molar-refractivity contribution is 5.78. The van der Waals surface area contributed by atoms with E-state index < -0.39 is 0 Å². The fourth-order valence-corrected chi connectivity index (χ4v) is 2.60. The van der Waals surface area contributed by atoms with E-state index in [9.17, 15) is 9.90 Å². The van der Waals surface area contributed by atoms with E-state index in [2.05, 4.69) is 10.3 Å². The number of aromatic nitrogens is 1. The number of hydrogen-bond donors (Lipinski definition) is 2. The average molecular weight is 262 g/mol. The minimum Gasteiger partial charge on any atom is -0.393 e. The quantitative estimate of drug-likeness (QED) is 0.794. The SMILES string of the molecule is O=C(NCCCc1cccnc1)[C@H]1CCC[C@H](O)C1. The first-order valence-corrected chi connectivity index (χ1v) is 7.10. The lowest BCUT2D eigenvalue weighted by Gasteiger charge is -2.24. The number of rotatable bonds is 5. The number of aryl methyl sites for hydroxylation is 1. The van der Waals surface area contributed by atoms with Gasteiger partial charge >= 0.3 is 0 Å². The molecule has 4 heteroatoms. The molecule has 19 heavy (non-hydrogen) atoms. The minimum atomic E-state index is -0.292. The van der Waals surface area contributed by atoms with E-state index in [-0.39, 0.29) is 17.9 Å². The van der Waals surface area contributed by atoms with Crippen LogP contribution in [0.5, 0.6) is 0 Å². The largest absolute Gasteiger partial charge is 0.393 e. The molecule has 0 bridgehead atoms. The zero-order chi connectivity index (χ0) is 13.5. The number of aliphatic hydroxyl groups excluding tert-OH is 1. The van der Waals surface area contributed by atoms with Crippen molar-refractivity contribution in [2.75, 3.05) is 6.54 Å². The highest BCUT2D eigenvalue weighted by Gasteiger charge is 2.25. The summed E-state index contributed by atoms with van der Waals surface area (Å²) in [5.41, 5.74) is 1.20. The van der Waals surface area contributed by atoms with E-state index >= 15 is 0 Å². The molecule has 1 aliphatic carbocycles. The smallest absolute Gasteiger partial charge is 0.223 e. The molecular weight excluding hydrogens is 240 g/mol. The number of pyridine rings is 1. The van der Waals surface area contributed by atoms with Gasteiger partial charge < -0.3 is 10.4 Å². The van der Waals surface area contributed by atoms with Gasteiger partial charge in [0.05, 0.1) is 6.10 Å². The summed E-state index contributed by atoms with van der Waals surface area (Å²) in [6.45, 7) is 0.695. The molecule has 1 aliphatic rings. The zero-order valence-electron chi connectivity index (χ0n) is 11.2. The average Bonchev–Trinajstić information content (AvgIpc) is 2.44. The topological polar surface area (TPSA) is 62.2 Å². The number of amides is 1. The number of carbonyl (C=O) groups excluding carboxylic acids is 1. The third-order valence-corrected chi connectivity index (χ3v) is 3.68. The number of nitrogens with zero attached hydrogens (tertiary/aromatic N) is 1. The Morgan fingerprint density at radius 3 is 3.11 bits per heavy atom. The molecule has 2 N–H and O–H groups in total. The Balaban J connectivity index is 1.64. The third kappa shape index (κ3) is 4.63. The van der Waals surface area contributed by atoms with Gasteiger partial charge in [-0.2, -0.15) is 0 Å². The van der Waals surface area contributed by atoms with Crippen molar-refractivity contribution in [3.8, 4) is 0 Å². The predicted octanol–water partition coefficient (Wildman–Crippen LogP) is 1.68. The molecule has 2 rings (SSSR count). The maximum Gasteiger partial charge on any atom is 0.223 e. The third-order valence-electron chi connectivity index (χ3n) is 3.68. The van der Waals surface area contributed by atoms with Crippen LogP contribution in [0.2, 0.25) is 0 Å². The van der Waals surface area contributed by atoms with Crippen LogP contribution in [0.4, 0.5) is 0 Å². The molecule has 1 fully saturated rings. The maximum absolute atomic E-state index is 11.9. The Labute approximate surface area is 114 Å². The van der Waals surface area contributed by atoms with Crippen LogP contribution < -0.4 is 5.32 Å². The van der Waals surface area contributed by atoms with Gasteiger partial charge in [-0.3, -0.25) is 9.78 Å². The van der Waals surface area contributed by atoms with Crippen LogP contribution >= 0.6 is 0 Å². The molecule has 1 saturated carbocycles. The van der Waals surface area contributed by atoms with Gasteiger partial charge in [0.1, 0.15) is 0 Å². The van der Waals surface area contributed by atoms with Gasteiger partial charge in [-0.15, -0.1) is 0 Å². The van der Waals surface area contributed by atoms with Crippen LogP contribution in [0.1, 0.15) is 37.7 Å². The summed E-state index contributed by atoms with van der Waals surface area (Å²) in [5.74, 6) is 0.104. The Kier molecular flexibility index (Phi) is 5.33. The number of hydrogen-bond acceptors (Lipinski definition) is 3. The monoisotopic (exact) mass is 262 g/mol. The van der Waals surface area contributed by atoms with E-state index in [4.69, 9.17) is 0 Å². The summed E-state index contributed by atoms with van der Waals surface area (Å²) >= 11 is 0. The molecule has 0 aromatic carbocycles. The molecule has 0 saturated heterocycles. The van der Waals surface area contributed by atoms with E-state index in [0.717, 1.165) is 32.1 Å². The van der Waals surface area contributed by atoms with Crippen molar-refractivity contribution < 1.29 is 9.90 Å². The van der Waals surface area contributed by atoms with Crippen molar-refractivity contribution in [3.05, 3.63) is 30.1 Å². The maximum atomic E-state index is 11.9. The molecule has 1 aromatic rings. The molecule has 4 nitrogen and oxygen atoms in total. The molecular formula is C15H22N2O2. The standard InChI is InChI=1S/C15H22N2O2/c18-14-7-1-6-13(10-14)15(19)17-9-3-5-12-4-2-8-16-11-12/h2,4,8,11,13-14,18H,1,3,5-7,9-10H2,(H,17,19)/t13-,14-/m0/s1. The van der Waals surface area contributed by atoms with E-state index in [1.165, 1.54) is 5.56 Å². The van der Waals surface area contributed by atoms with Crippen LogP contribution in [-0.4, -0.2) is 28.6 Å². The van der Waals surface area contributed by atoms with E-state index in [1.807, 2.05) is 18.3 Å². The van der Waals surface area contributed by atoms with Crippen molar-refractivity contribution in [1.29, 1.82) is 0 Å². The first-order chi connectivity index (χ1) is 9.25. The summed E-state index contributed by atoms with van der Waals surface area (Å²) < 4.78 is 0. The summed E-state index contributed by atoms with van der Waals surface area (Å²) in [4.78, 5) is 16.0. The Morgan fingerprint density at radius 2 is 2.37 bits per heavy atom. The molecule has 2 atom stereocenters. The lowest BCUT2D eigenvalue weighted by atomic mass is 9.87. The van der Waals surface area contributed by atoms with E-state index in [1.54, 1.807) is 6.20 Å². The van der Waals surface area contributed by atoms with Gasteiger partial charge in [-0.1, -0.05) is 12.5 Å².